The van der Waals surface area contributed by atoms with Gasteiger partial charge in [0.1, 0.15) is 5.76 Å². The fourth-order valence-corrected chi connectivity index (χ4v) is 2.38. The zero-order valence-corrected chi connectivity index (χ0v) is 12.3. The van der Waals surface area contributed by atoms with E-state index >= 15 is 0 Å². The molecule has 1 aromatic heterocycles. The van der Waals surface area contributed by atoms with Crippen molar-refractivity contribution in [1.29, 1.82) is 0 Å². The van der Waals surface area contributed by atoms with Crippen LogP contribution in [0.5, 0.6) is 0 Å². The van der Waals surface area contributed by atoms with Crippen LogP contribution in [-0.2, 0) is 6.54 Å². The summed E-state index contributed by atoms with van der Waals surface area (Å²) in [5.74, 6) is 0.883. The Labute approximate surface area is 115 Å². The van der Waals surface area contributed by atoms with Gasteiger partial charge in [-0.15, -0.1) is 0 Å². The Hall–Kier alpha value is -1.13. The van der Waals surface area contributed by atoms with Gasteiger partial charge in [0.05, 0.1) is 5.69 Å². The normalized spacial score (nSPS) is 17.6. The zero-order valence-electron chi connectivity index (χ0n) is 12.3. The number of rotatable bonds is 5. The highest BCUT2D eigenvalue weighted by atomic mass is 16.5. The topological polar surface area (TPSA) is 41.3 Å². The van der Waals surface area contributed by atoms with E-state index in [2.05, 4.69) is 35.3 Å². The van der Waals surface area contributed by atoms with E-state index in [0.717, 1.165) is 24.5 Å². The lowest BCUT2D eigenvalue weighted by atomic mass is 10.0. The van der Waals surface area contributed by atoms with Crippen molar-refractivity contribution in [2.45, 2.75) is 46.2 Å². The van der Waals surface area contributed by atoms with Crippen LogP contribution in [0.2, 0.25) is 0 Å². The van der Waals surface area contributed by atoms with Crippen molar-refractivity contribution >= 4 is 0 Å². The van der Waals surface area contributed by atoms with Crippen molar-refractivity contribution in [3.05, 3.63) is 29.2 Å². The molecular weight excluding hydrogens is 238 g/mol. The first-order chi connectivity index (χ1) is 9.13. The Kier molecular flexibility index (Phi) is 5.16. The molecule has 0 aliphatic carbocycles. The number of nitrogens with zero attached hydrogens (tertiary/aromatic N) is 2. The summed E-state index contributed by atoms with van der Waals surface area (Å²) in [4.78, 5) is 2.52. The molecule has 4 heteroatoms. The summed E-state index contributed by atoms with van der Waals surface area (Å²) in [7, 11) is 0. The lowest BCUT2D eigenvalue weighted by molar-refractivity contribution is 0.213. The van der Waals surface area contributed by atoms with E-state index in [-0.39, 0.29) is 0 Å². The van der Waals surface area contributed by atoms with Gasteiger partial charge in [0.15, 0.2) is 0 Å². The third kappa shape index (κ3) is 4.80. The van der Waals surface area contributed by atoms with Gasteiger partial charge in [-0.25, -0.2) is 0 Å². The minimum atomic E-state index is 0.611. The zero-order chi connectivity index (χ0) is 13.7. The van der Waals surface area contributed by atoms with Crippen LogP contribution in [0, 0.1) is 6.92 Å². The van der Waals surface area contributed by atoms with E-state index in [4.69, 9.17) is 4.52 Å². The average molecular weight is 263 g/mol. The van der Waals surface area contributed by atoms with Gasteiger partial charge < -0.3 is 9.84 Å². The Morgan fingerprint density at radius 3 is 2.79 bits per heavy atom. The maximum Gasteiger partial charge on any atom is 0.133 e. The number of aryl methyl sites for hydroxylation is 1. The lowest BCUT2D eigenvalue weighted by Gasteiger charge is -2.31. The van der Waals surface area contributed by atoms with Crippen molar-refractivity contribution in [3.8, 4) is 0 Å². The molecule has 1 fully saturated rings. The minimum Gasteiger partial charge on any atom is -0.361 e. The molecule has 0 unspecified atom stereocenters. The van der Waals surface area contributed by atoms with Gasteiger partial charge in [0, 0.05) is 25.2 Å². The van der Waals surface area contributed by atoms with Crippen LogP contribution in [-0.4, -0.2) is 35.7 Å². The van der Waals surface area contributed by atoms with Crippen molar-refractivity contribution in [2.75, 3.05) is 19.6 Å². The Morgan fingerprint density at radius 2 is 2.21 bits per heavy atom. The highest BCUT2D eigenvalue weighted by Crippen LogP contribution is 2.11. The number of piperidine rings is 1. The molecule has 0 bridgehead atoms. The molecule has 1 aromatic rings. The van der Waals surface area contributed by atoms with Gasteiger partial charge in [-0.1, -0.05) is 16.8 Å². The number of likely N-dealkylation sites (tertiary alicyclic amines) is 1. The van der Waals surface area contributed by atoms with E-state index in [1.807, 2.05) is 13.0 Å². The van der Waals surface area contributed by atoms with Crippen LogP contribution < -0.4 is 5.32 Å². The number of hydrogen-bond donors (Lipinski definition) is 1. The second-order valence-electron chi connectivity index (χ2n) is 5.67. The summed E-state index contributed by atoms with van der Waals surface area (Å²) < 4.78 is 5.07. The van der Waals surface area contributed by atoms with Crippen LogP contribution in [0.3, 0.4) is 0 Å². The summed E-state index contributed by atoms with van der Waals surface area (Å²) in [6.45, 7) is 10.5. The molecule has 0 atom stereocenters. The van der Waals surface area contributed by atoms with E-state index in [1.54, 1.807) is 0 Å². The average Bonchev–Trinajstić information content (AvgIpc) is 2.81. The van der Waals surface area contributed by atoms with Crippen molar-refractivity contribution < 1.29 is 4.52 Å². The lowest BCUT2D eigenvalue weighted by Crippen LogP contribution is -2.42. The molecule has 106 valence electrons. The second-order valence-corrected chi connectivity index (χ2v) is 5.67. The summed E-state index contributed by atoms with van der Waals surface area (Å²) >= 11 is 0. The van der Waals surface area contributed by atoms with Gasteiger partial charge >= 0.3 is 0 Å². The number of allylic oxidation sites excluding steroid dienone is 1. The van der Waals surface area contributed by atoms with E-state index < -0.39 is 0 Å². The fourth-order valence-electron chi connectivity index (χ4n) is 2.38. The van der Waals surface area contributed by atoms with Gasteiger partial charge in [0.25, 0.3) is 0 Å². The van der Waals surface area contributed by atoms with Crippen LogP contribution in [0.25, 0.3) is 0 Å². The third-order valence-electron chi connectivity index (χ3n) is 3.59. The maximum absolute atomic E-state index is 5.07. The largest absolute Gasteiger partial charge is 0.361 e. The van der Waals surface area contributed by atoms with Gasteiger partial charge in [-0.2, -0.15) is 0 Å². The summed E-state index contributed by atoms with van der Waals surface area (Å²) in [6, 6.07) is 2.61. The summed E-state index contributed by atoms with van der Waals surface area (Å²) in [5.41, 5.74) is 2.41. The predicted molar refractivity (Wildman–Crippen MR) is 77.0 cm³/mol. The molecule has 1 saturated heterocycles. The minimum absolute atomic E-state index is 0.611. The predicted octanol–water partition coefficient (Wildman–Crippen LogP) is 2.50. The van der Waals surface area contributed by atoms with E-state index in [0.29, 0.717) is 6.04 Å². The number of hydrogen-bond acceptors (Lipinski definition) is 4. The quantitative estimate of drug-likeness (QED) is 0.829. The van der Waals surface area contributed by atoms with Crippen molar-refractivity contribution in [2.24, 2.45) is 0 Å². The molecule has 19 heavy (non-hydrogen) atoms. The molecule has 0 spiro atoms. The van der Waals surface area contributed by atoms with Crippen molar-refractivity contribution in [1.82, 2.24) is 15.4 Å². The molecule has 0 aromatic carbocycles. The first-order valence-electron chi connectivity index (χ1n) is 7.15. The summed E-state index contributed by atoms with van der Waals surface area (Å²) in [6.07, 6.45) is 4.74. The molecule has 2 rings (SSSR count). The summed E-state index contributed by atoms with van der Waals surface area (Å²) in [5, 5.41) is 7.58. The Balaban J connectivity index is 1.67. The highest BCUT2D eigenvalue weighted by Gasteiger charge is 2.18. The molecule has 1 aliphatic rings. The first kappa shape index (κ1) is 14.3. The molecule has 4 nitrogen and oxygen atoms in total. The van der Waals surface area contributed by atoms with E-state index in [1.165, 1.54) is 31.5 Å². The van der Waals surface area contributed by atoms with Crippen LogP contribution in [0.15, 0.2) is 22.2 Å². The smallest absolute Gasteiger partial charge is 0.133 e. The third-order valence-corrected chi connectivity index (χ3v) is 3.59. The van der Waals surface area contributed by atoms with Gasteiger partial charge in [0.2, 0.25) is 0 Å². The van der Waals surface area contributed by atoms with Crippen LogP contribution in [0.1, 0.15) is 38.1 Å². The first-order valence-corrected chi connectivity index (χ1v) is 7.15. The highest BCUT2D eigenvalue weighted by molar-refractivity contribution is 5.03. The van der Waals surface area contributed by atoms with Gasteiger partial charge in [-0.05, 0) is 46.7 Å². The van der Waals surface area contributed by atoms with E-state index in [9.17, 15) is 0 Å². The SMILES string of the molecule is CC(C)=CCN1CCC(NCc2cc(C)on2)CC1. The van der Waals surface area contributed by atoms with Crippen LogP contribution in [0.4, 0.5) is 0 Å². The van der Waals surface area contributed by atoms with Crippen LogP contribution >= 0.6 is 0 Å². The molecule has 0 amide bonds. The molecule has 0 saturated carbocycles. The molecule has 1 N–H and O–H groups in total. The number of aromatic nitrogens is 1. The maximum atomic E-state index is 5.07. The Bertz CT molecular complexity index is 413. The Morgan fingerprint density at radius 1 is 1.47 bits per heavy atom. The fraction of sp³-hybridized carbons (Fsp3) is 0.667. The number of nitrogens with one attached hydrogen (secondary N) is 1. The van der Waals surface area contributed by atoms with Gasteiger partial charge in [-0.3, -0.25) is 4.90 Å². The second kappa shape index (κ2) is 6.87. The molecular formula is C15H25N3O. The monoisotopic (exact) mass is 263 g/mol. The standard InChI is InChI=1S/C15H25N3O/c1-12(2)4-7-18-8-5-14(6-9-18)16-11-15-10-13(3)19-17-15/h4,10,14,16H,5-9,11H2,1-3H3. The molecule has 2 heterocycles. The molecule has 0 radical (unpaired) electrons. The van der Waals surface area contributed by atoms with Crippen molar-refractivity contribution in [3.63, 3.8) is 0 Å². The molecule has 1 aliphatic heterocycles.